The molecule has 0 fully saturated rings. The van der Waals surface area contributed by atoms with Crippen molar-refractivity contribution in [2.75, 3.05) is 21.3 Å². The zero-order valence-electron chi connectivity index (χ0n) is 19.2. The molecule has 38 heavy (non-hydrogen) atoms. The van der Waals surface area contributed by atoms with Crippen molar-refractivity contribution in [1.29, 1.82) is 0 Å². The second kappa shape index (κ2) is 14.4. The molecule has 0 bridgehead atoms. The van der Waals surface area contributed by atoms with Gasteiger partial charge in [0.15, 0.2) is 0 Å². The van der Waals surface area contributed by atoms with Gasteiger partial charge in [0.2, 0.25) is 0 Å². The summed E-state index contributed by atoms with van der Waals surface area (Å²) < 4.78 is 0. The number of hydrogen-bond acceptors (Lipinski definition) is 2. The van der Waals surface area contributed by atoms with Crippen LogP contribution in [0, 0.1) is 0 Å². The van der Waals surface area contributed by atoms with E-state index in [9.17, 15) is 9.59 Å². The lowest BCUT2D eigenvalue weighted by Crippen LogP contribution is -2.19. The standard InChI is InChI=1S/2C13H9Cl3N2O/c2*14-8-1-3-9(4-2-8)17-13(19)18-10-5-6-11(15)12(16)7-10/h2*1-7H,(H2,17,18,19). The Bertz CT molecular complexity index is 1310. The second-order valence-corrected chi connectivity index (χ2v) is 9.93. The van der Waals surface area contributed by atoms with Gasteiger partial charge < -0.3 is 21.3 Å². The molecule has 196 valence electrons. The fourth-order valence-corrected chi connectivity index (χ4v) is 3.65. The van der Waals surface area contributed by atoms with E-state index in [-0.39, 0.29) is 12.1 Å². The lowest BCUT2D eigenvalue weighted by molar-refractivity contribution is 0.261. The van der Waals surface area contributed by atoms with Gasteiger partial charge in [-0.15, -0.1) is 0 Å². The van der Waals surface area contributed by atoms with E-state index in [1.54, 1.807) is 84.9 Å². The molecule has 0 saturated heterocycles. The summed E-state index contributed by atoms with van der Waals surface area (Å²) in [5, 5.41) is 13.5. The molecule has 0 aliphatic heterocycles. The lowest BCUT2D eigenvalue weighted by Gasteiger charge is -2.08. The van der Waals surface area contributed by atoms with E-state index >= 15 is 0 Å². The van der Waals surface area contributed by atoms with E-state index in [0.29, 0.717) is 52.9 Å². The molecule has 0 heterocycles. The van der Waals surface area contributed by atoms with Crippen LogP contribution in [0.25, 0.3) is 0 Å². The first-order chi connectivity index (χ1) is 18.1. The number of amides is 4. The van der Waals surface area contributed by atoms with Gasteiger partial charge in [-0.2, -0.15) is 0 Å². The topological polar surface area (TPSA) is 82.3 Å². The summed E-state index contributed by atoms with van der Waals surface area (Å²) in [5.74, 6) is 0. The summed E-state index contributed by atoms with van der Waals surface area (Å²) in [6, 6.07) is 22.5. The Morgan fingerprint density at radius 1 is 0.395 bits per heavy atom. The van der Waals surface area contributed by atoms with Crippen molar-refractivity contribution in [2.45, 2.75) is 0 Å². The number of urea groups is 2. The molecule has 12 heteroatoms. The average Bonchev–Trinajstić information content (AvgIpc) is 2.87. The van der Waals surface area contributed by atoms with Crippen molar-refractivity contribution < 1.29 is 9.59 Å². The molecule has 0 aromatic heterocycles. The zero-order chi connectivity index (χ0) is 27.7. The molecule has 0 atom stereocenters. The molecule has 0 spiro atoms. The highest BCUT2D eigenvalue weighted by molar-refractivity contribution is 6.42. The SMILES string of the molecule is O=C(Nc1ccc(Cl)cc1)Nc1ccc(Cl)c(Cl)c1.O=C(Nc1ccc(Cl)cc1)Nc1ccc(Cl)c(Cl)c1. The highest BCUT2D eigenvalue weighted by atomic mass is 35.5. The van der Waals surface area contributed by atoms with Crippen LogP contribution in [0.15, 0.2) is 84.9 Å². The van der Waals surface area contributed by atoms with Crippen LogP contribution in [0.4, 0.5) is 32.3 Å². The minimum absolute atomic E-state index is 0.374. The van der Waals surface area contributed by atoms with E-state index < -0.39 is 0 Å². The van der Waals surface area contributed by atoms with Crippen LogP contribution >= 0.6 is 69.6 Å². The summed E-state index contributed by atoms with van der Waals surface area (Å²) in [4.78, 5) is 23.5. The maximum absolute atomic E-state index is 11.7. The van der Waals surface area contributed by atoms with Gasteiger partial charge >= 0.3 is 12.1 Å². The van der Waals surface area contributed by atoms with E-state index in [1.807, 2.05) is 0 Å². The van der Waals surface area contributed by atoms with Crippen LogP contribution in [-0.2, 0) is 0 Å². The molecule has 0 aliphatic carbocycles. The van der Waals surface area contributed by atoms with Gasteiger partial charge in [0.05, 0.1) is 20.1 Å². The van der Waals surface area contributed by atoms with Crippen LogP contribution in [-0.4, -0.2) is 12.1 Å². The minimum atomic E-state index is -0.374. The van der Waals surface area contributed by atoms with Crippen molar-refractivity contribution in [1.82, 2.24) is 0 Å². The van der Waals surface area contributed by atoms with Crippen LogP contribution in [0.3, 0.4) is 0 Å². The van der Waals surface area contributed by atoms with Crippen molar-refractivity contribution in [3.63, 3.8) is 0 Å². The molecule has 4 N–H and O–H groups in total. The normalized spacial score (nSPS) is 10.1. The zero-order valence-corrected chi connectivity index (χ0v) is 23.7. The first kappa shape index (κ1) is 29.7. The molecular formula is C26H18Cl6N4O2. The number of hydrogen-bond donors (Lipinski definition) is 4. The van der Waals surface area contributed by atoms with Crippen molar-refractivity contribution in [3.05, 3.63) is 115 Å². The van der Waals surface area contributed by atoms with Crippen LogP contribution in [0.2, 0.25) is 30.1 Å². The molecule has 4 aromatic rings. The van der Waals surface area contributed by atoms with Gasteiger partial charge in [-0.1, -0.05) is 69.6 Å². The third-order valence-electron chi connectivity index (χ3n) is 4.56. The van der Waals surface area contributed by atoms with Gasteiger partial charge in [-0.05, 0) is 84.9 Å². The van der Waals surface area contributed by atoms with E-state index in [0.717, 1.165) is 0 Å². The summed E-state index contributed by atoms with van der Waals surface area (Å²) >= 11 is 34.8. The molecule has 4 rings (SSSR count). The number of rotatable bonds is 4. The summed E-state index contributed by atoms with van der Waals surface area (Å²) in [6.07, 6.45) is 0. The fraction of sp³-hybridized carbons (Fsp3) is 0. The second-order valence-electron chi connectivity index (χ2n) is 7.43. The summed E-state index contributed by atoms with van der Waals surface area (Å²) in [7, 11) is 0. The number of halogens is 6. The van der Waals surface area contributed by atoms with E-state index in [2.05, 4.69) is 21.3 Å². The number of carbonyl (C=O) groups is 2. The summed E-state index contributed by atoms with van der Waals surface area (Å²) in [5.41, 5.74) is 2.39. The van der Waals surface area contributed by atoms with Crippen LogP contribution < -0.4 is 21.3 Å². The van der Waals surface area contributed by atoms with Crippen LogP contribution in [0.5, 0.6) is 0 Å². The maximum Gasteiger partial charge on any atom is 0.323 e. The lowest BCUT2D eigenvalue weighted by atomic mass is 10.3. The first-order valence-corrected chi connectivity index (χ1v) is 12.9. The molecule has 4 amide bonds. The fourth-order valence-electron chi connectivity index (χ4n) is 2.80. The Labute approximate surface area is 249 Å². The third-order valence-corrected chi connectivity index (χ3v) is 6.54. The van der Waals surface area contributed by atoms with Gasteiger partial charge in [0.25, 0.3) is 0 Å². The molecule has 0 unspecified atom stereocenters. The maximum atomic E-state index is 11.7. The number of nitrogens with one attached hydrogen (secondary N) is 4. The Morgan fingerprint density at radius 2 is 0.684 bits per heavy atom. The Kier molecular flexibility index (Phi) is 11.2. The quantitative estimate of drug-likeness (QED) is 0.181. The van der Waals surface area contributed by atoms with Gasteiger partial charge in [-0.25, -0.2) is 9.59 Å². The largest absolute Gasteiger partial charge is 0.323 e. The van der Waals surface area contributed by atoms with Gasteiger partial charge in [-0.3, -0.25) is 0 Å². The highest BCUT2D eigenvalue weighted by Crippen LogP contribution is 2.26. The minimum Gasteiger partial charge on any atom is -0.308 e. The first-order valence-electron chi connectivity index (χ1n) is 10.7. The third kappa shape index (κ3) is 9.80. The molecule has 6 nitrogen and oxygen atoms in total. The predicted octanol–water partition coefficient (Wildman–Crippen LogP) is 10.6. The smallest absolute Gasteiger partial charge is 0.308 e. The number of carbonyl (C=O) groups excluding carboxylic acids is 2. The molecule has 4 aromatic carbocycles. The average molecular weight is 631 g/mol. The highest BCUT2D eigenvalue weighted by Gasteiger charge is 2.06. The van der Waals surface area contributed by atoms with E-state index in [1.165, 1.54) is 0 Å². The Hall–Kier alpha value is -2.84. The van der Waals surface area contributed by atoms with Crippen molar-refractivity contribution >= 4 is 104 Å². The predicted molar refractivity (Wildman–Crippen MR) is 161 cm³/mol. The number of anilines is 4. The van der Waals surface area contributed by atoms with Gasteiger partial charge in [0.1, 0.15) is 0 Å². The molecule has 0 aliphatic rings. The van der Waals surface area contributed by atoms with E-state index in [4.69, 9.17) is 69.6 Å². The Morgan fingerprint density at radius 3 is 1.00 bits per heavy atom. The van der Waals surface area contributed by atoms with Crippen molar-refractivity contribution in [2.24, 2.45) is 0 Å². The summed E-state index contributed by atoms with van der Waals surface area (Å²) in [6.45, 7) is 0. The Balaban J connectivity index is 0.000000211. The van der Waals surface area contributed by atoms with Crippen LogP contribution in [0.1, 0.15) is 0 Å². The van der Waals surface area contributed by atoms with Gasteiger partial charge in [0, 0.05) is 32.8 Å². The molecule has 0 radical (unpaired) electrons. The number of benzene rings is 4. The molecular weight excluding hydrogens is 613 g/mol. The monoisotopic (exact) mass is 628 g/mol. The molecule has 0 saturated carbocycles. The van der Waals surface area contributed by atoms with Crippen molar-refractivity contribution in [3.8, 4) is 0 Å².